The number of rotatable bonds is 8. The van der Waals surface area contributed by atoms with Crippen molar-refractivity contribution in [2.45, 2.75) is 25.6 Å². The number of guanidine groups is 1. The van der Waals surface area contributed by atoms with Gasteiger partial charge in [0.05, 0.1) is 0 Å². The standard InChI is InChI=1S/C8H18BN3O4/c10-8(11)12-5-6(4-7(13)14)2-1-3-9(15)16/h6,15-16H,1-5H2,(H,13,14)(H4,10,11,12). The lowest BCUT2D eigenvalue weighted by Gasteiger charge is -2.11. The summed E-state index contributed by atoms with van der Waals surface area (Å²) in [5.41, 5.74) is 10.3. The van der Waals surface area contributed by atoms with Crippen LogP contribution in [0.2, 0.25) is 6.32 Å². The molecule has 0 bridgehead atoms. The molecular weight excluding hydrogens is 213 g/mol. The van der Waals surface area contributed by atoms with E-state index in [9.17, 15) is 4.79 Å². The fourth-order valence-electron chi connectivity index (χ4n) is 1.33. The smallest absolute Gasteiger partial charge is 0.451 e. The molecule has 0 rings (SSSR count). The lowest BCUT2D eigenvalue weighted by Crippen LogP contribution is -2.24. The Morgan fingerprint density at radius 2 is 2.00 bits per heavy atom. The van der Waals surface area contributed by atoms with Crippen molar-refractivity contribution in [3.63, 3.8) is 0 Å². The molecule has 16 heavy (non-hydrogen) atoms. The van der Waals surface area contributed by atoms with Crippen LogP contribution in [-0.4, -0.2) is 40.7 Å². The minimum atomic E-state index is -1.35. The molecular formula is C8H18BN3O4. The summed E-state index contributed by atoms with van der Waals surface area (Å²) in [5.74, 6) is -1.17. The number of aliphatic imine (C=N–C) groups is 1. The van der Waals surface area contributed by atoms with Crippen molar-refractivity contribution in [3.8, 4) is 0 Å². The maximum atomic E-state index is 10.5. The molecule has 0 aliphatic carbocycles. The Labute approximate surface area is 94.3 Å². The summed E-state index contributed by atoms with van der Waals surface area (Å²) < 4.78 is 0. The summed E-state index contributed by atoms with van der Waals surface area (Å²) in [4.78, 5) is 14.3. The Kier molecular flexibility index (Phi) is 7.31. The van der Waals surface area contributed by atoms with Crippen LogP contribution in [0.15, 0.2) is 4.99 Å². The predicted octanol–water partition coefficient (Wildman–Crippen LogP) is -1.40. The normalized spacial score (nSPS) is 11.9. The first-order valence-electron chi connectivity index (χ1n) is 5.05. The molecule has 0 saturated heterocycles. The quantitative estimate of drug-likeness (QED) is 0.197. The van der Waals surface area contributed by atoms with Gasteiger partial charge in [0.25, 0.3) is 0 Å². The van der Waals surface area contributed by atoms with E-state index in [1.807, 2.05) is 0 Å². The highest BCUT2D eigenvalue weighted by atomic mass is 16.4. The number of carbonyl (C=O) groups is 1. The Balaban J connectivity index is 4.00. The van der Waals surface area contributed by atoms with Crippen molar-refractivity contribution in [1.82, 2.24) is 0 Å². The van der Waals surface area contributed by atoms with Crippen molar-refractivity contribution in [2.75, 3.05) is 6.54 Å². The molecule has 0 aromatic rings. The van der Waals surface area contributed by atoms with E-state index in [1.165, 1.54) is 0 Å². The minimum Gasteiger partial charge on any atom is -0.481 e. The van der Waals surface area contributed by atoms with Gasteiger partial charge in [0, 0.05) is 13.0 Å². The zero-order valence-corrected chi connectivity index (χ0v) is 9.04. The number of nitrogens with two attached hydrogens (primary N) is 2. The third-order valence-electron chi connectivity index (χ3n) is 2.07. The summed E-state index contributed by atoms with van der Waals surface area (Å²) in [6, 6.07) is 0. The van der Waals surface area contributed by atoms with Gasteiger partial charge in [-0.15, -0.1) is 0 Å². The van der Waals surface area contributed by atoms with E-state index in [4.69, 9.17) is 26.6 Å². The van der Waals surface area contributed by atoms with Gasteiger partial charge in [-0.05, 0) is 18.7 Å². The van der Waals surface area contributed by atoms with E-state index in [0.717, 1.165) is 0 Å². The van der Waals surface area contributed by atoms with E-state index in [2.05, 4.69) is 4.99 Å². The third-order valence-corrected chi connectivity index (χ3v) is 2.07. The first-order valence-corrected chi connectivity index (χ1v) is 5.05. The lowest BCUT2D eigenvalue weighted by atomic mass is 9.82. The Bertz CT molecular complexity index is 243. The molecule has 0 aliphatic rings. The minimum absolute atomic E-state index is 0.0295. The van der Waals surface area contributed by atoms with Crippen LogP contribution in [0.3, 0.4) is 0 Å². The molecule has 0 spiro atoms. The van der Waals surface area contributed by atoms with Gasteiger partial charge in [0.1, 0.15) is 0 Å². The molecule has 0 fully saturated rings. The van der Waals surface area contributed by atoms with Crippen LogP contribution < -0.4 is 11.5 Å². The van der Waals surface area contributed by atoms with Crippen LogP contribution >= 0.6 is 0 Å². The number of aliphatic carboxylic acids is 1. The summed E-state index contributed by atoms with van der Waals surface area (Å²) in [6.45, 7) is 0.246. The third kappa shape index (κ3) is 9.29. The van der Waals surface area contributed by atoms with Crippen LogP contribution in [0.4, 0.5) is 0 Å². The highest BCUT2D eigenvalue weighted by Crippen LogP contribution is 2.14. The highest BCUT2D eigenvalue weighted by Gasteiger charge is 2.14. The zero-order chi connectivity index (χ0) is 12.6. The van der Waals surface area contributed by atoms with Crippen LogP contribution in [0, 0.1) is 5.92 Å². The second kappa shape index (κ2) is 7.94. The maximum absolute atomic E-state index is 10.5. The van der Waals surface area contributed by atoms with Crippen LogP contribution in [0.1, 0.15) is 19.3 Å². The fraction of sp³-hybridized carbons (Fsp3) is 0.750. The fourth-order valence-corrected chi connectivity index (χ4v) is 1.33. The molecule has 0 aromatic heterocycles. The summed E-state index contributed by atoms with van der Waals surface area (Å²) in [7, 11) is -1.35. The van der Waals surface area contributed by atoms with Crippen LogP contribution in [-0.2, 0) is 4.79 Å². The zero-order valence-electron chi connectivity index (χ0n) is 9.04. The Morgan fingerprint density at radius 1 is 1.38 bits per heavy atom. The molecule has 8 heteroatoms. The second-order valence-corrected chi connectivity index (χ2v) is 3.64. The molecule has 0 amide bonds. The molecule has 0 radical (unpaired) electrons. The number of carboxylic acids is 1. The SMILES string of the molecule is NC(N)=NCC(CCCB(O)O)CC(=O)O. The van der Waals surface area contributed by atoms with Gasteiger partial charge in [0.15, 0.2) is 5.96 Å². The van der Waals surface area contributed by atoms with Crippen molar-refractivity contribution in [1.29, 1.82) is 0 Å². The van der Waals surface area contributed by atoms with Crippen molar-refractivity contribution < 1.29 is 19.9 Å². The summed E-state index contributed by atoms with van der Waals surface area (Å²) in [6.07, 6.45) is 1.26. The molecule has 7 nitrogen and oxygen atoms in total. The topological polar surface area (TPSA) is 142 Å². The molecule has 0 heterocycles. The molecule has 1 atom stereocenters. The van der Waals surface area contributed by atoms with Gasteiger partial charge < -0.3 is 26.6 Å². The van der Waals surface area contributed by atoms with Gasteiger partial charge in [-0.2, -0.15) is 0 Å². The second-order valence-electron chi connectivity index (χ2n) is 3.64. The van der Waals surface area contributed by atoms with Gasteiger partial charge in [-0.1, -0.05) is 6.42 Å². The van der Waals surface area contributed by atoms with E-state index in [0.29, 0.717) is 12.8 Å². The predicted molar refractivity (Wildman–Crippen MR) is 60.7 cm³/mol. The average Bonchev–Trinajstić information content (AvgIpc) is 2.12. The molecule has 0 aliphatic heterocycles. The Morgan fingerprint density at radius 3 is 2.44 bits per heavy atom. The monoisotopic (exact) mass is 231 g/mol. The van der Waals surface area contributed by atoms with Crippen molar-refractivity contribution in [3.05, 3.63) is 0 Å². The first kappa shape index (κ1) is 14.7. The summed E-state index contributed by atoms with van der Waals surface area (Å²) >= 11 is 0. The molecule has 1 unspecified atom stereocenters. The van der Waals surface area contributed by atoms with Crippen LogP contribution in [0.5, 0.6) is 0 Å². The highest BCUT2D eigenvalue weighted by molar-refractivity contribution is 6.40. The molecule has 92 valence electrons. The number of hydrogen-bond donors (Lipinski definition) is 5. The number of nitrogens with zero attached hydrogens (tertiary/aromatic N) is 1. The van der Waals surface area contributed by atoms with Crippen LogP contribution in [0.25, 0.3) is 0 Å². The Hall–Kier alpha value is -1.28. The van der Waals surface area contributed by atoms with E-state index >= 15 is 0 Å². The van der Waals surface area contributed by atoms with E-state index in [-0.39, 0.29) is 31.2 Å². The van der Waals surface area contributed by atoms with Gasteiger partial charge in [-0.25, -0.2) is 0 Å². The maximum Gasteiger partial charge on any atom is 0.451 e. The van der Waals surface area contributed by atoms with Gasteiger partial charge in [0.2, 0.25) is 0 Å². The number of carboxylic acid groups (broad SMARTS) is 1. The number of hydrogen-bond acceptors (Lipinski definition) is 4. The molecule has 0 aromatic carbocycles. The largest absolute Gasteiger partial charge is 0.481 e. The van der Waals surface area contributed by atoms with Crippen molar-refractivity contribution >= 4 is 19.0 Å². The molecule has 0 saturated carbocycles. The van der Waals surface area contributed by atoms with Gasteiger partial charge >= 0.3 is 13.1 Å². The van der Waals surface area contributed by atoms with Gasteiger partial charge in [-0.3, -0.25) is 9.79 Å². The van der Waals surface area contributed by atoms with E-state index in [1.54, 1.807) is 0 Å². The average molecular weight is 231 g/mol. The lowest BCUT2D eigenvalue weighted by molar-refractivity contribution is -0.138. The first-order chi connectivity index (χ1) is 7.41. The van der Waals surface area contributed by atoms with Crippen molar-refractivity contribution in [2.24, 2.45) is 22.4 Å². The molecule has 7 N–H and O–H groups in total. The van der Waals surface area contributed by atoms with E-state index < -0.39 is 13.1 Å². The summed E-state index contributed by atoms with van der Waals surface area (Å²) in [5, 5.41) is 25.9.